The molecule has 1 atom stereocenters. The molecular formula is C12H23NO2. The number of carbonyl (C=O) groups is 1. The second-order valence-electron chi connectivity index (χ2n) is 5.52. The lowest BCUT2D eigenvalue weighted by molar-refractivity contribution is -0.149. The van der Waals surface area contributed by atoms with Crippen molar-refractivity contribution in [2.24, 2.45) is 11.3 Å². The minimum absolute atomic E-state index is 0.0218. The Morgan fingerprint density at radius 2 is 2.20 bits per heavy atom. The summed E-state index contributed by atoms with van der Waals surface area (Å²) in [4.78, 5) is 11.6. The standard InChI is InChI=1S/C12H23NO2/c1-12(2,3)6-8-15-11(14)10-5-4-7-13-9-10/h10,13H,4-9H2,1-3H3. The predicted octanol–water partition coefficient (Wildman–Crippen LogP) is 1.97. The molecule has 88 valence electrons. The van der Waals surface area contributed by atoms with Crippen LogP contribution in [0.3, 0.4) is 0 Å². The minimum Gasteiger partial charge on any atom is -0.465 e. The number of rotatable bonds is 3. The second-order valence-corrected chi connectivity index (χ2v) is 5.52. The van der Waals surface area contributed by atoms with E-state index in [2.05, 4.69) is 26.1 Å². The van der Waals surface area contributed by atoms with E-state index in [0.29, 0.717) is 6.61 Å². The molecule has 0 aromatic heterocycles. The molecule has 0 saturated carbocycles. The highest BCUT2D eigenvalue weighted by Crippen LogP contribution is 2.19. The molecule has 1 unspecified atom stereocenters. The molecule has 0 spiro atoms. The molecule has 0 amide bonds. The Bertz CT molecular complexity index is 202. The number of esters is 1. The van der Waals surface area contributed by atoms with Gasteiger partial charge in [-0.05, 0) is 31.2 Å². The Hall–Kier alpha value is -0.570. The average Bonchev–Trinajstić information content (AvgIpc) is 2.17. The highest BCUT2D eigenvalue weighted by Gasteiger charge is 2.22. The van der Waals surface area contributed by atoms with Gasteiger partial charge in [-0.2, -0.15) is 0 Å². The third kappa shape index (κ3) is 5.17. The minimum atomic E-state index is -0.0218. The monoisotopic (exact) mass is 213 g/mol. The topological polar surface area (TPSA) is 38.3 Å². The molecule has 15 heavy (non-hydrogen) atoms. The normalized spacial score (nSPS) is 22.5. The quantitative estimate of drug-likeness (QED) is 0.728. The molecule has 3 nitrogen and oxygen atoms in total. The molecule has 3 heteroatoms. The van der Waals surface area contributed by atoms with Crippen molar-refractivity contribution >= 4 is 5.97 Å². The molecule has 0 aromatic rings. The van der Waals surface area contributed by atoms with Gasteiger partial charge in [-0.3, -0.25) is 4.79 Å². The van der Waals surface area contributed by atoms with Crippen LogP contribution in [0.15, 0.2) is 0 Å². The van der Waals surface area contributed by atoms with Crippen LogP contribution < -0.4 is 5.32 Å². The maximum Gasteiger partial charge on any atom is 0.310 e. The van der Waals surface area contributed by atoms with Crippen LogP contribution in [0.5, 0.6) is 0 Å². The highest BCUT2D eigenvalue weighted by atomic mass is 16.5. The van der Waals surface area contributed by atoms with Crippen molar-refractivity contribution in [2.45, 2.75) is 40.0 Å². The van der Waals surface area contributed by atoms with Crippen LogP contribution >= 0.6 is 0 Å². The van der Waals surface area contributed by atoms with Crippen LogP contribution in [0.2, 0.25) is 0 Å². The summed E-state index contributed by atoms with van der Waals surface area (Å²) < 4.78 is 5.28. The summed E-state index contributed by atoms with van der Waals surface area (Å²) >= 11 is 0. The number of nitrogens with one attached hydrogen (secondary N) is 1. The predicted molar refractivity (Wildman–Crippen MR) is 60.6 cm³/mol. The van der Waals surface area contributed by atoms with Gasteiger partial charge in [0.25, 0.3) is 0 Å². The van der Waals surface area contributed by atoms with Gasteiger partial charge in [0.1, 0.15) is 0 Å². The van der Waals surface area contributed by atoms with Gasteiger partial charge < -0.3 is 10.1 Å². The largest absolute Gasteiger partial charge is 0.465 e. The van der Waals surface area contributed by atoms with Gasteiger partial charge in [0, 0.05) is 6.54 Å². The summed E-state index contributed by atoms with van der Waals surface area (Å²) in [6, 6.07) is 0. The van der Waals surface area contributed by atoms with Crippen LogP contribution in [0, 0.1) is 11.3 Å². The summed E-state index contributed by atoms with van der Waals surface area (Å²) in [5, 5.41) is 3.22. The van der Waals surface area contributed by atoms with Crippen LogP contribution in [0.25, 0.3) is 0 Å². The van der Waals surface area contributed by atoms with Gasteiger partial charge in [-0.25, -0.2) is 0 Å². The molecule has 1 fully saturated rings. The molecule has 0 bridgehead atoms. The zero-order valence-corrected chi connectivity index (χ0v) is 10.1. The molecule has 1 heterocycles. The van der Waals surface area contributed by atoms with E-state index in [9.17, 15) is 4.79 Å². The van der Waals surface area contributed by atoms with Gasteiger partial charge >= 0.3 is 5.97 Å². The van der Waals surface area contributed by atoms with Gasteiger partial charge in [0.15, 0.2) is 0 Å². The van der Waals surface area contributed by atoms with E-state index < -0.39 is 0 Å². The third-order valence-electron chi connectivity index (χ3n) is 2.73. The fourth-order valence-electron chi connectivity index (χ4n) is 1.63. The molecule has 1 aliphatic rings. The first-order valence-electron chi connectivity index (χ1n) is 5.86. The molecule has 1 rings (SSSR count). The van der Waals surface area contributed by atoms with Crippen LogP contribution in [-0.2, 0) is 9.53 Å². The van der Waals surface area contributed by atoms with E-state index in [1.165, 1.54) is 0 Å². The fraction of sp³-hybridized carbons (Fsp3) is 0.917. The molecule has 1 aliphatic heterocycles. The summed E-state index contributed by atoms with van der Waals surface area (Å²) in [6.45, 7) is 8.84. The zero-order chi connectivity index (χ0) is 11.3. The van der Waals surface area contributed by atoms with Crippen molar-refractivity contribution in [3.8, 4) is 0 Å². The van der Waals surface area contributed by atoms with Crippen molar-refractivity contribution in [3.05, 3.63) is 0 Å². The molecule has 0 radical (unpaired) electrons. The molecule has 0 aromatic carbocycles. The third-order valence-corrected chi connectivity index (χ3v) is 2.73. The van der Waals surface area contributed by atoms with E-state index in [0.717, 1.165) is 32.4 Å². The Balaban J connectivity index is 2.17. The van der Waals surface area contributed by atoms with E-state index in [4.69, 9.17) is 4.74 Å². The van der Waals surface area contributed by atoms with E-state index in [1.54, 1.807) is 0 Å². The number of piperidine rings is 1. The molecular weight excluding hydrogens is 190 g/mol. The highest BCUT2D eigenvalue weighted by molar-refractivity contribution is 5.72. The number of ether oxygens (including phenoxy) is 1. The average molecular weight is 213 g/mol. The maximum atomic E-state index is 11.6. The van der Waals surface area contributed by atoms with E-state index >= 15 is 0 Å². The van der Waals surface area contributed by atoms with Crippen molar-refractivity contribution in [1.29, 1.82) is 0 Å². The van der Waals surface area contributed by atoms with Gasteiger partial charge in [-0.1, -0.05) is 20.8 Å². The number of hydrogen-bond donors (Lipinski definition) is 1. The lowest BCUT2D eigenvalue weighted by Gasteiger charge is -2.22. The Morgan fingerprint density at radius 1 is 1.47 bits per heavy atom. The lowest BCUT2D eigenvalue weighted by Crippen LogP contribution is -2.35. The van der Waals surface area contributed by atoms with Crippen molar-refractivity contribution in [3.63, 3.8) is 0 Å². The lowest BCUT2D eigenvalue weighted by atomic mass is 9.93. The van der Waals surface area contributed by atoms with Gasteiger partial charge in [-0.15, -0.1) is 0 Å². The summed E-state index contributed by atoms with van der Waals surface area (Å²) in [6.07, 6.45) is 2.99. The first kappa shape index (κ1) is 12.5. The van der Waals surface area contributed by atoms with Gasteiger partial charge in [0.05, 0.1) is 12.5 Å². The Morgan fingerprint density at radius 3 is 2.73 bits per heavy atom. The number of hydrogen-bond acceptors (Lipinski definition) is 3. The van der Waals surface area contributed by atoms with Crippen molar-refractivity contribution < 1.29 is 9.53 Å². The first-order chi connectivity index (χ1) is 6.99. The van der Waals surface area contributed by atoms with E-state index in [1.807, 2.05) is 0 Å². The maximum absolute atomic E-state index is 11.6. The zero-order valence-electron chi connectivity index (χ0n) is 10.1. The van der Waals surface area contributed by atoms with Crippen molar-refractivity contribution in [2.75, 3.05) is 19.7 Å². The number of carbonyl (C=O) groups excluding carboxylic acids is 1. The SMILES string of the molecule is CC(C)(C)CCOC(=O)C1CCCNC1. The van der Waals surface area contributed by atoms with Gasteiger partial charge in [0.2, 0.25) is 0 Å². The smallest absolute Gasteiger partial charge is 0.310 e. The van der Waals surface area contributed by atoms with Crippen LogP contribution in [0.4, 0.5) is 0 Å². The van der Waals surface area contributed by atoms with Crippen LogP contribution in [-0.4, -0.2) is 25.7 Å². The Labute approximate surface area is 92.6 Å². The second kappa shape index (κ2) is 5.50. The summed E-state index contributed by atoms with van der Waals surface area (Å²) in [7, 11) is 0. The van der Waals surface area contributed by atoms with Crippen LogP contribution in [0.1, 0.15) is 40.0 Å². The molecule has 1 N–H and O–H groups in total. The fourth-order valence-corrected chi connectivity index (χ4v) is 1.63. The molecule has 0 aliphatic carbocycles. The summed E-state index contributed by atoms with van der Waals surface area (Å²) in [5.74, 6) is 0.0603. The van der Waals surface area contributed by atoms with Crippen molar-refractivity contribution in [1.82, 2.24) is 5.32 Å². The Kier molecular flexibility index (Phi) is 4.58. The molecule has 1 saturated heterocycles. The first-order valence-corrected chi connectivity index (χ1v) is 5.86. The van der Waals surface area contributed by atoms with E-state index in [-0.39, 0.29) is 17.3 Å². The summed E-state index contributed by atoms with van der Waals surface area (Å²) in [5.41, 5.74) is 0.241.